The van der Waals surface area contributed by atoms with E-state index in [1.54, 1.807) is 6.33 Å². The summed E-state index contributed by atoms with van der Waals surface area (Å²) in [6.45, 7) is 2.23. The number of rotatable bonds is 4. The van der Waals surface area contributed by atoms with Crippen molar-refractivity contribution in [1.29, 1.82) is 0 Å². The molecule has 1 heterocycles. The molecule has 0 aromatic carbocycles. The van der Waals surface area contributed by atoms with Gasteiger partial charge in [-0.1, -0.05) is 13.3 Å². The molecule has 1 aliphatic rings. The average molecular weight is 270 g/mol. The molecule has 1 saturated carbocycles. The zero-order valence-electron chi connectivity index (χ0n) is 8.91. The van der Waals surface area contributed by atoms with Gasteiger partial charge >= 0.3 is 0 Å². The van der Waals surface area contributed by atoms with Gasteiger partial charge in [0, 0.05) is 12.1 Å². The van der Waals surface area contributed by atoms with Gasteiger partial charge in [0.2, 0.25) is 0 Å². The van der Waals surface area contributed by atoms with E-state index in [0.717, 1.165) is 22.8 Å². The molecule has 0 radical (unpaired) electrons. The van der Waals surface area contributed by atoms with Crippen LogP contribution in [0.2, 0.25) is 0 Å². The lowest BCUT2D eigenvalue weighted by molar-refractivity contribution is 0.270. The van der Waals surface area contributed by atoms with Crippen LogP contribution in [0.15, 0.2) is 17.0 Å². The molecule has 1 aromatic heterocycles. The van der Waals surface area contributed by atoms with Crippen LogP contribution in [0.5, 0.6) is 0 Å². The summed E-state index contributed by atoms with van der Waals surface area (Å²) >= 11 is 3.35. The third-order valence-corrected chi connectivity index (χ3v) is 3.56. The second kappa shape index (κ2) is 4.92. The van der Waals surface area contributed by atoms with Crippen LogP contribution in [0.25, 0.3) is 0 Å². The Hall–Kier alpha value is -0.640. The van der Waals surface area contributed by atoms with Gasteiger partial charge in [-0.15, -0.1) is 0 Å². The van der Waals surface area contributed by atoms with Gasteiger partial charge in [0.05, 0.1) is 0 Å². The largest absolute Gasteiger partial charge is 0.367 e. The van der Waals surface area contributed by atoms with E-state index in [-0.39, 0.29) is 0 Å². The molecule has 0 aliphatic heterocycles. The normalized spacial score (nSPS) is 18.3. The third-order valence-electron chi connectivity index (χ3n) is 3.13. The van der Waals surface area contributed by atoms with Crippen LogP contribution >= 0.6 is 15.9 Å². The lowest BCUT2D eigenvalue weighted by Gasteiger charge is -2.34. The highest BCUT2D eigenvalue weighted by atomic mass is 79.9. The number of nitrogens with zero attached hydrogens (tertiary/aromatic N) is 2. The van der Waals surface area contributed by atoms with Crippen LogP contribution in [0, 0.1) is 5.92 Å². The van der Waals surface area contributed by atoms with Crippen molar-refractivity contribution in [2.75, 3.05) is 5.32 Å². The van der Waals surface area contributed by atoms with Crippen molar-refractivity contribution in [3.8, 4) is 0 Å². The number of hydrogen-bond donors (Lipinski definition) is 1. The molecular weight excluding hydrogens is 254 g/mol. The Morgan fingerprint density at radius 3 is 2.87 bits per heavy atom. The average Bonchev–Trinajstić information content (AvgIpc) is 2.14. The molecule has 0 saturated heterocycles. The zero-order chi connectivity index (χ0) is 10.7. The lowest BCUT2D eigenvalue weighted by atomic mass is 9.79. The Bertz CT molecular complexity index is 325. The number of nitrogens with one attached hydrogen (secondary N) is 1. The summed E-state index contributed by atoms with van der Waals surface area (Å²) in [4.78, 5) is 8.23. The van der Waals surface area contributed by atoms with E-state index < -0.39 is 0 Å². The van der Waals surface area contributed by atoms with Gasteiger partial charge in [0.25, 0.3) is 0 Å². The second-order valence-corrected chi connectivity index (χ2v) is 4.89. The molecule has 1 N–H and O–H groups in total. The molecule has 0 amide bonds. The smallest absolute Gasteiger partial charge is 0.130 e. The van der Waals surface area contributed by atoms with Crippen molar-refractivity contribution < 1.29 is 0 Å². The number of aromatic nitrogens is 2. The fraction of sp³-hybridized carbons (Fsp3) is 0.636. The Morgan fingerprint density at radius 1 is 1.53 bits per heavy atom. The first-order valence-corrected chi connectivity index (χ1v) is 6.33. The highest BCUT2D eigenvalue weighted by Gasteiger charge is 2.25. The van der Waals surface area contributed by atoms with Crippen molar-refractivity contribution >= 4 is 21.7 Å². The topological polar surface area (TPSA) is 37.8 Å². The summed E-state index contributed by atoms with van der Waals surface area (Å²) < 4.78 is 0.837. The molecule has 3 nitrogen and oxygen atoms in total. The maximum absolute atomic E-state index is 4.22. The first-order valence-electron chi connectivity index (χ1n) is 5.53. The molecule has 1 aromatic rings. The van der Waals surface area contributed by atoms with E-state index in [9.17, 15) is 0 Å². The molecule has 15 heavy (non-hydrogen) atoms. The maximum Gasteiger partial charge on any atom is 0.130 e. The van der Waals surface area contributed by atoms with Crippen molar-refractivity contribution in [3.05, 3.63) is 17.0 Å². The second-order valence-electron chi connectivity index (χ2n) is 4.08. The molecule has 1 unspecified atom stereocenters. The molecule has 2 rings (SSSR count). The van der Waals surface area contributed by atoms with Crippen LogP contribution in [0.3, 0.4) is 0 Å². The minimum Gasteiger partial charge on any atom is -0.367 e. The number of anilines is 1. The Balaban J connectivity index is 1.99. The first kappa shape index (κ1) is 10.9. The van der Waals surface area contributed by atoms with Gasteiger partial charge in [0.15, 0.2) is 0 Å². The van der Waals surface area contributed by atoms with Crippen LogP contribution < -0.4 is 5.32 Å². The van der Waals surface area contributed by atoms with Crippen LogP contribution in [0.1, 0.15) is 32.6 Å². The van der Waals surface area contributed by atoms with E-state index in [4.69, 9.17) is 0 Å². The molecule has 1 atom stereocenters. The first-order chi connectivity index (χ1) is 7.29. The van der Waals surface area contributed by atoms with E-state index in [1.807, 2.05) is 6.07 Å². The maximum atomic E-state index is 4.22. The van der Waals surface area contributed by atoms with Gasteiger partial charge in [-0.05, 0) is 41.1 Å². The summed E-state index contributed by atoms with van der Waals surface area (Å²) in [5, 5.41) is 3.49. The van der Waals surface area contributed by atoms with E-state index in [0.29, 0.717) is 6.04 Å². The molecule has 0 spiro atoms. The quantitative estimate of drug-likeness (QED) is 0.853. The fourth-order valence-electron chi connectivity index (χ4n) is 2.00. The monoisotopic (exact) mass is 269 g/mol. The molecule has 1 aliphatic carbocycles. The highest BCUT2D eigenvalue weighted by Crippen LogP contribution is 2.32. The van der Waals surface area contributed by atoms with Gasteiger partial charge in [-0.25, -0.2) is 9.97 Å². The SMILES string of the molecule is CCC(Nc1cc(Br)ncn1)C1CCC1. The van der Waals surface area contributed by atoms with Crippen molar-refractivity contribution in [3.63, 3.8) is 0 Å². The fourth-order valence-corrected chi connectivity index (χ4v) is 2.31. The van der Waals surface area contributed by atoms with Crippen LogP contribution in [-0.2, 0) is 0 Å². The van der Waals surface area contributed by atoms with Gasteiger partial charge in [-0.2, -0.15) is 0 Å². The van der Waals surface area contributed by atoms with Gasteiger partial charge < -0.3 is 5.32 Å². The summed E-state index contributed by atoms with van der Waals surface area (Å²) in [6.07, 6.45) is 6.85. The predicted molar refractivity (Wildman–Crippen MR) is 64.8 cm³/mol. The number of halogens is 1. The van der Waals surface area contributed by atoms with Gasteiger partial charge in [-0.3, -0.25) is 0 Å². The predicted octanol–water partition coefficient (Wildman–Crippen LogP) is 3.23. The highest BCUT2D eigenvalue weighted by molar-refractivity contribution is 9.10. The van der Waals surface area contributed by atoms with E-state index >= 15 is 0 Å². The van der Waals surface area contributed by atoms with Crippen molar-refractivity contribution in [1.82, 2.24) is 9.97 Å². The zero-order valence-corrected chi connectivity index (χ0v) is 10.5. The lowest BCUT2D eigenvalue weighted by Crippen LogP contribution is -2.33. The molecule has 4 heteroatoms. The van der Waals surface area contributed by atoms with Crippen molar-refractivity contribution in [2.45, 2.75) is 38.6 Å². The minimum absolute atomic E-state index is 0.570. The Kier molecular flexibility index (Phi) is 3.57. The van der Waals surface area contributed by atoms with Crippen molar-refractivity contribution in [2.24, 2.45) is 5.92 Å². The summed E-state index contributed by atoms with van der Waals surface area (Å²) in [7, 11) is 0. The summed E-state index contributed by atoms with van der Waals surface area (Å²) in [6, 6.07) is 2.50. The standard InChI is InChI=1S/C11H16BrN3/c1-2-9(8-4-3-5-8)15-11-6-10(12)13-7-14-11/h6-9H,2-5H2,1H3,(H,13,14,15). The summed E-state index contributed by atoms with van der Waals surface area (Å²) in [5.74, 6) is 1.76. The minimum atomic E-state index is 0.570. The van der Waals surface area contributed by atoms with Crippen LogP contribution in [0.4, 0.5) is 5.82 Å². The summed E-state index contributed by atoms with van der Waals surface area (Å²) in [5.41, 5.74) is 0. The third kappa shape index (κ3) is 2.68. The van der Waals surface area contributed by atoms with Crippen LogP contribution in [-0.4, -0.2) is 16.0 Å². The number of hydrogen-bond acceptors (Lipinski definition) is 3. The molecular formula is C11H16BrN3. The Morgan fingerprint density at radius 2 is 2.33 bits per heavy atom. The van der Waals surface area contributed by atoms with Gasteiger partial charge in [0.1, 0.15) is 16.7 Å². The van der Waals surface area contributed by atoms with E-state index in [1.165, 1.54) is 19.3 Å². The molecule has 82 valence electrons. The molecule has 0 bridgehead atoms. The Labute approximate surface area is 98.8 Å². The molecule has 1 fully saturated rings. The van der Waals surface area contributed by atoms with E-state index in [2.05, 4.69) is 38.1 Å².